The van der Waals surface area contributed by atoms with E-state index in [1.165, 1.54) is 23.1 Å². The molecule has 5 heteroatoms. The standard InChI is InChI=1S/C15H16FNO3/c1-15(14(19)20)8-9-17(10-15)13(18)7-6-11-4-2-3-5-12(11)16/h2-7H,8-10H2,1H3,(H,19,20)/b7-6+/t15-/m0/s1. The van der Waals surface area contributed by atoms with Gasteiger partial charge in [-0.2, -0.15) is 0 Å². The van der Waals surface area contributed by atoms with Gasteiger partial charge >= 0.3 is 5.97 Å². The first-order valence-corrected chi connectivity index (χ1v) is 6.37. The molecular formula is C15H16FNO3. The van der Waals surface area contributed by atoms with Crippen molar-refractivity contribution in [1.82, 2.24) is 4.90 Å². The van der Waals surface area contributed by atoms with E-state index in [0.717, 1.165) is 0 Å². The molecule has 106 valence electrons. The summed E-state index contributed by atoms with van der Waals surface area (Å²) in [6, 6.07) is 6.16. The maximum Gasteiger partial charge on any atom is 0.311 e. The molecule has 0 radical (unpaired) electrons. The third kappa shape index (κ3) is 2.87. The van der Waals surface area contributed by atoms with Crippen molar-refractivity contribution in [3.05, 3.63) is 41.7 Å². The van der Waals surface area contributed by atoms with E-state index in [1.54, 1.807) is 25.1 Å². The number of nitrogens with zero attached hydrogens (tertiary/aromatic N) is 1. The minimum absolute atomic E-state index is 0.183. The number of carbonyl (C=O) groups is 2. The molecule has 0 spiro atoms. The van der Waals surface area contributed by atoms with Crippen LogP contribution in [-0.4, -0.2) is 35.0 Å². The summed E-state index contributed by atoms with van der Waals surface area (Å²) >= 11 is 0. The minimum Gasteiger partial charge on any atom is -0.481 e. The molecule has 1 fully saturated rings. The average molecular weight is 277 g/mol. The third-order valence-corrected chi connectivity index (χ3v) is 3.61. The van der Waals surface area contributed by atoms with Gasteiger partial charge in [0.25, 0.3) is 0 Å². The molecule has 1 aromatic rings. The van der Waals surface area contributed by atoms with E-state index in [2.05, 4.69) is 0 Å². The van der Waals surface area contributed by atoms with Crippen LogP contribution in [0.3, 0.4) is 0 Å². The average Bonchev–Trinajstić information content (AvgIpc) is 2.82. The minimum atomic E-state index is -0.897. The number of halogens is 1. The zero-order valence-electron chi connectivity index (χ0n) is 11.2. The van der Waals surface area contributed by atoms with Crippen molar-refractivity contribution < 1.29 is 19.1 Å². The van der Waals surface area contributed by atoms with Crippen molar-refractivity contribution in [2.45, 2.75) is 13.3 Å². The van der Waals surface area contributed by atoms with Gasteiger partial charge in [-0.1, -0.05) is 18.2 Å². The number of carbonyl (C=O) groups excluding carboxylic acids is 1. The van der Waals surface area contributed by atoms with Crippen LogP contribution in [0, 0.1) is 11.2 Å². The zero-order valence-corrected chi connectivity index (χ0v) is 11.2. The predicted octanol–water partition coefficient (Wildman–Crippen LogP) is 2.16. The molecule has 1 amide bonds. The van der Waals surface area contributed by atoms with Gasteiger partial charge in [-0.15, -0.1) is 0 Å². The molecule has 1 aliphatic rings. The second kappa shape index (κ2) is 5.45. The maximum absolute atomic E-state index is 13.4. The van der Waals surface area contributed by atoms with E-state index in [0.29, 0.717) is 18.5 Å². The van der Waals surface area contributed by atoms with Crippen molar-refractivity contribution in [3.8, 4) is 0 Å². The van der Waals surface area contributed by atoms with Crippen molar-refractivity contribution in [2.75, 3.05) is 13.1 Å². The van der Waals surface area contributed by atoms with E-state index in [1.807, 2.05) is 0 Å². The Morgan fingerprint density at radius 3 is 2.70 bits per heavy atom. The largest absolute Gasteiger partial charge is 0.481 e. The molecule has 2 rings (SSSR count). The monoisotopic (exact) mass is 277 g/mol. The molecule has 4 nitrogen and oxygen atoms in total. The van der Waals surface area contributed by atoms with Crippen LogP contribution in [0.5, 0.6) is 0 Å². The van der Waals surface area contributed by atoms with E-state index in [9.17, 15) is 14.0 Å². The Morgan fingerprint density at radius 2 is 2.10 bits per heavy atom. The number of aliphatic carboxylic acids is 1. The summed E-state index contributed by atoms with van der Waals surface area (Å²) in [6.07, 6.45) is 3.13. The maximum atomic E-state index is 13.4. The summed E-state index contributed by atoms with van der Waals surface area (Å²) in [5.41, 5.74) is -0.553. The van der Waals surface area contributed by atoms with Crippen LogP contribution >= 0.6 is 0 Å². The lowest BCUT2D eigenvalue weighted by atomic mass is 9.90. The zero-order chi connectivity index (χ0) is 14.8. The fourth-order valence-electron chi connectivity index (χ4n) is 2.20. The first-order valence-electron chi connectivity index (χ1n) is 6.37. The second-order valence-electron chi connectivity index (χ2n) is 5.23. The summed E-state index contributed by atoms with van der Waals surface area (Å²) in [4.78, 5) is 24.6. The molecule has 0 saturated carbocycles. The normalized spacial score (nSPS) is 22.4. The quantitative estimate of drug-likeness (QED) is 0.861. The van der Waals surface area contributed by atoms with Crippen molar-refractivity contribution in [2.24, 2.45) is 5.41 Å². The predicted molar refractivity (Wildman–Crippen MR) is 72.4 cm³/mol. The fraction of sp³-hybridized carbons (Fsp3) is 0.333. The Balaban J connectivity index is 2.04. The van der Waals surface area contributed by atoms with Gasteiger partial charge in [-0.05, 0) is 25.5 Å². The van der Waals surface area contributed by atoms with E-state index in [4.69, 9.17) is 5.11 Å². The number of carboxylic acid groups (broad SMARTS) is 1. The van der Waals surface area contributed by atoms with Crippen LogP contribution in [0.2, 0.25) is 0 Å². The molecular weight excluding hydrogens is 261 g/mol. The Kier molecular flexibility index (Phi) is 3.88. The van der Waals surface area contributed by atoms with Crippen molar-refractivity contribution >= 4 is 18.0 Å². The summed E-state index contributed by atoms with van der Waals surface area (Å²) in [7, 11) is 0. The number of likely N-dealkylation sites (tertiary alicyclic amines) is 1. The third-order valence-electron chi connectivity index (χ3n) is 3.61. The highest BCUT2D eigenvalue weighted by molar-refractivity contribution is 5.92. The Hall–Kier alpha value is -2.17. The number of carboxylic acids is 1. The Bertz CT molecular complexity index is 570. The summed E-state index contributed by atoms with van der Waals surface area (Å²) in [5, 5.41) is 9.11. The first kappa shape index (κ1) is 14.2. The number of hydrogen-bond donors (Lipinski definition) is 1. The molecule has 0 unspecified atom stereocenters. The lowest BCUT2D eigenvalue weighted by Crippen LogP contribution is -2.34. The lowest BCUT2D eigenvalue weighted by Gasteiger charge is -2.18. The van der Waals surface area contributed by atoms with Crippen LogP contribution in [0.4, 0.5) is 4.39 Å². The highest BCUT2D eigenvalue weighted by Crippen LogP contribution is 2.30. The van der Waals surface area contributed by atoms with Gasteiger partial charge in [0.2, 0.25) is 5.91 Å². The van der Waals surface area contributed by atoms with Gasteiger partial charge in [-0.3, -0.25) is 9.59 Å². The Labute approximate surface area is 116 Å². The highest BCUT2D eigenvalue weighted by Gasteiger charge is 2.41. The number of rotatable bonds is 3. The molecule has 1 aromatic carbocycles. The lowest BCUT2D eigenvalue weighted by molar-refractivity contribution is -0.147. The Morgan fingerprint density at radius 1 is 1.40 bits per heavy atom. The molecule has 20 heavy (non-hydrogen) atoms. The molecule has 0 bridgehead atoms. The molecule has 0 aliphatic carbocycles. The smallest absolute Gasteiger partial charge is 0.311 e. The van der Waals surface area contributed by atoms with Gasteiger partial charge in [0, 0.05) is 24.7 Å². The first-order chi connectivity index (χ1) is 9.42. The molecule has 1 saturated heterocycles. The molecule has 1 N–H and O–H groups in total. The van der Waals surface area contributed by atoms with Crippen molar-refractivity contribution in [3.63, 3.8) is 0 Å². The molecule has 1 atom stereocenters. The highest BCUT2D eigenvalue weighted by atomic mass is 19.1. The topological polar surface area (TPSA) is 57.6 Å². The summed E-state index contributed by atoms with van der Waals surface area (Å²) < 4.78 is 13.4. The summed E-state index contributed by atoms with van der Waals surface area (Å²) in [5.74, 6) is -1.59. The molecule has 1 aliphatic heterocycles. The number of hydrogen-bond acceptors (Lipinski definition) is 2. The van der Waals surface area contributed by atoms with Gasteiger partial charge in [0.1, 0.15) is 5.82 Å². The summed E-state index contributed by atoms with van der Waals surface area (Å²) in [6.45, 7) is 2.22. The number of amides is 1. The van der Waals surface area contributed by atoms with Gasteiger partial charge in [0.15, 0.2) is 0 Å². The van der Waals surface area contributed by atoms with Crippen LogP contribution < -0.4 is 0 Å². The fourth-order valence-corrected chi connectivity index (χ4v) is 2.20. The van der Waals surface area contributed by atoms with Crippen molar-refractivity contribution in [1.29, 1.82) is 0 Å². The van der Waals surface area contributed by atoms with Crippen LogP contribution in [0.25, 0.3) is 6.08 Å². The van der Waals surface area contributed by atoms with Crippen LogP contribution in [-0.2, 0) is 9.59 Å². The van der Waals surface area contributed by atoms with E-state index >= 15 is 0 Å². The van der Waals surface area contributed by atoms with E-state index in [-0.39, 0.29) is 12.5 Å². The number of benzene rings is 1. The van der Waals surface area contributed by atoms with Gasteiger partial charge < -0.3 is 10.0 Å². The van der Waals surface area contributed by atoms with E-state index < -0.39 is 17.2 Å². The SMILES string of the molecule is C[C@]1(C(=O)O)CCN(C(=O)/C=C/c2ccccc2F)C1. The second-order valence-corrected chi connectivity index (χ2v) is 5.23. The van der Waals surface area contributed by atoms with Crippen LogP contribution in [0.15, 0.2) is 30.3 Å². The van der Waals surface area contributed by atoms with Gasteiger partial charge in [0.05, 0.1) is 5.41 Å². The molecule has 0 aromatic heterocycles. The van der Waals surface area contributed by atoms with Crippen LogP contribution in [0.1, 0.15) is 18.9 Å². The van der Waals surface area contributed by atoms with Gasteiger partial charge in [-0.25, -0.2) is 4.39 Å². The molecule has 1 heterocycles.